The van der Waals surface area contributed by atoms with Crippen molar-refractivity contribution < 1.29 is 4.79 Å². The van der Waals surface area contributed by atoms with E-state index in [1.165, 1.54) is 4.90 Å². The lowest BCUT2D eigenvalue weighted by atomic mass is 10.1. The Morgan fingerprint density at radius 1 is 0.892 bits per heavy atom. The second kappa shape index (κ2) is 11.4. The van der Waals surface area contributed by atoms with Gasteiger partial charge in [-0.25, -0.2) is 4.98 Å². The number of anilines is 1. The molecule has 0 aliphatic heterocycles. The van der Waals surface area contributed by atoms with Gasteiger partial charge >= 0.3 is 0 Å². The molecule has 5 rings (SSSR count). The van der Waals surface area contributed by atoms with Crippen molar-refractivity contribution in [3.8, 4) is 11.4 Å². The predicted molar refractivity (Wildman–Crippen MR) is 156 cm³/mol. The van der Waals surface area contributed by atoms with Crippen molar-refractivity contribution in [1.82, 2.24) is 9.55 Å². The van der Waals surface area contributed by atoms with Crippen molar-refractivity contribution >= 4 is 57.6 Å². The number of nitrogens with zero attached hydrogens (tertiary/aromatic N) is 2. The summed E-state index contributed by atoms with van der Waals surface area (Å²) in [5.41, 5.74) is 5.50. The molecule has 0 aliphatic rings. The number of hydrogen-bond donors (Lipinski definition) is 1. The summed E-state index contributed by atoms with van der Waals surface area (Å²) in [6.07, 6.45) is 0.327. The maximum Gasteiger partial charge on any atom is 0.228 e. The molecule has 1 heterocycles. The number of aromatic nitrogens is 2. The molecule has 37 heavy (non-hydrogen) atoms. The lowest BCUT2D eigenvalue weighted by molar-refractivity contribution is -0.115. The first-order valence-corrected chi connectivity index (χ1v) is 13.8. The third kappa shape index (κ3) is 6.02. The molecule has 186 valence electrons. The molecular formula is C30H25Cl2N3OS. The Kier molecular flexibility index (Phi) is 7.85. The number of carbonyl (C=O) groups excluding carboxylic acids is 1. The summed E-state index contributed by atoms with van der Waals surface area (Å²) in [6, 6.07) is 29.8. The normalized spacial score (nSPS) is 11.1. The minimum absolute atomic E-state index is 0.0516. The number of halogens is 2. The van der Waals surface area contributed by atoms with Crippen LogP contribution in [0.4, 0.5) is 5.69 Å². The SMILES string of the molecule is CCSc1ccc(CC(=O)Nc2ccc(-c3nc4cc(Cl)c(Cl)cc4n3Cc3ccccc3)cc2)cc1. The van der Waals surface area contributed by atoms with E-state index in [2.05, 4.69) is 41.1 Å². The minimum atomic E-state index is -0.0516. The Hall–Kier alpha value is -3.25. The van der Waals surface area contributed by atoms with Crippen LogP contribution in [0.2, 0.25) is 10.0 Å². The number of rotatable bonds is 8. The molecule has 0 radical (unpaired) electrons. The Morgan fingerprint density at radius 2 is 1.59 bits per heavy atom. The first-order valence-electron chi connectivity index (χ1n) is 12.0. The summed E-state index contributed by atoms with van der Waals surface area (Å²) in [5.74, 6) is 1.78. The molecule has 0 atom stereocenters. The molecule has 7 heteroatoms. The summed E-state index contributed by atoms with van der Waals surface area (Å²) >= 11 is 14.4. The quantitative estimate of drug-likeness (QED) is 0.199. The molecule has 0 fully saturated rings. The van der Waals surface area contributed by atoms with Gasteiger partial charge in [0.1, 0.15) is 5.82 Å². The summed E-state index contributed by atoms with van der Waals surface area (Å²) in [5, 5.41) is 3.96. The lowest BCUT2D eigenvalue weighted by Gasteiger charge is -2.11. The summed E-state index contributed by atoms with van der Waals surface area (Å²) < 4.78 is 2.14. The molecular weight excluding hydrogens is 521 g/mol. The summed E-state index contributed by atoms with van der Waals surface area (Å²) in [4.78, 5) is 18.7. The number of nitrogens with one attached hydrogen (secondary N) is 1. The average molecular weight is 547 g/mol. The van der Waals surface area contributed by atoms with Gasteiger partial charge < -0.3 is 9.88 Å². The van der Waals surface area contributed by atoms with Crippen LogP contribution in [0.25, 0.3) is 22.4 Å². The van der Waals surface area contributed by atoms with Gasteiger partial charge in [-0.15, -0.1) is 11.8 Å². The molecule has 4 aromatic carbocycles. The van der Waals surface area contributed by atoms with Gasteiger partial charge in [0.2, 0.25) is 5.91 Å². The van der Waals surface area contributed by atoms with E-state index in [0.717, 1.165) is 45.0 Å². The van der Waals surface area contributed by atoms with Crippen LogP contribution >= 0.6 is 35.0 Å². The molecule has 5 aromatic rings. The third-order valence-electron chi connectivity index (χ3n) is 6.00. The van der Waals surface area contributed by atoms with Crippen LogP contribution in [0, 0.1) is 0 Å². The van der Waals surface area contributed by atoms with Gasteiger partial charge in [0.05, 0.1) is 27.5 Å². The van der Waals surface area contributed by atoms with Gasteiger partial charge in [-0.2, -0.15) is 0 Å². The summed E-state index contributed by atoms with van der Waals surface area (Å²) in [6.45, 7) is 2.76. The van der Waals surface area contributed by atoms with Gasteiger partial charge in [-0.1, -0.05) is 72.6 Å². The van der Waals surface area contributed by atoms with Gasteiger partial charge in [-0.05, 0) is 65.4 Å². The smallest absolute Gasteiger partial charge is 0.228 e. The van der Waals surface area contributed by atoms with Crippen molar-refractivity contribution in [2.24, 2.45) is 0 Å². The van der Waals surface area contributed by atoms with Crippen molar-refractivity contribution in [2.75, 3.05) is 11.1 Å². The number of imidazole rings is 1. The maximum absolute atomic E-state index is 12.6. The van der Waals surface area contributed by atoms with E-state index in [9.17, 15) is 4.79 Å². The van der Waals surface area contributed by atoms with Crippen LogP contribution < -0.4 is 5.32 Å². The minimum Gasteiger partial charge on any atom is -0.326 e. The number of carbonyl (C=O) groups is 1. The highest BCUT2D eigenvalue weighted by atomic mass is 35.5. The topological polar surface area (TPSA) is 46.9 Å². The number of amides is 1. The van der Waals surface area contributed by atoms with Gasteiger partial charge in [-0.3, -0.25) is 4.79 Å². The van der Waals surface area contributed by atoms with Crippen molar-refractivity contribution in [2.45, 2.75) is 24.8 Å². The Bertz CT molecular complexity index is 1530. The van der Waals surface area contributed by atoms with E-state index >= 15 is 0 Å². The van der Waals surface area contributed by atoms with Crippen LogP contribution in [-0.2, 0) is 17.8 Å². The molecule has 0 spiro atoms. The second-order valence-electron chi connectivity index (χ2n) is 8.64. The summed E-state index contributed by atoms with van der Waals surface area (Å²) in [7, 11) is 0. The fourth-order valence-electron chi connectivity index (χ4n) is 4.23. The van der Waals surface area contributed by atoms with Crippen LogP contribution in [0.5, 0.6) is 0 Å². The first-order chi connectivity index (χ1) is 18.0. The molecule has 0 unspecified atom stereocenters. The number of thioether (sulfide) groups is 1. The van der Waals surface area contributed by atoms with Crippen molar-refractivity contribution in [1.29, 1.82) is 0 Å². The predicted octanol–water partition coefficient (Wildman–Crippen LogP) is 8.35. The number of benzene rings is 4. The first kappa shape index (κ1) is 25.4. The van der Waals surface area contributed by atoms with E-state index in [0.29, 0.717) is 23.0 Å². The fourth-order valence-corrected chi connectivity index (χ4v) is 5.21. The van der Waals surface area contributed by atoms with E-state index in [4.69, 9.17) is 28.2 Å². The Labute approximate surface area is 230 Å². The third-order valence-corrected chi connectivity index (χ3v) is 7.62. The maximum atomic E-state index is 12.6. The van der Waals surface area contributed by atoms with Gasteiger partial charge in [0.25, 0.3) is 0 Å². The van der Waals surface area contributed by atoms with Crippen LogP contribution in [0.1, 0.15) is 18.1 Å². The average Bonchev–Trinajstić information content (AvgIpc) is 3.23. The number of hydrogen-bond acceptors (Lipinski definition) is 3. The molecule has 1 N–H and O–H groups in total. The molecule has 1 amide bonds. The zero-order valence-corrected chi connectivity index (χ0v) is 22.6. The Balaban J connectivity index is 1.37. The molecule has 1 aromatic heterocycles. The van der Waals surface area contributed by atoms with Crippen LogP contribution in [0.15, 0.2) is 95.9 Å². The highest BCUT2D eigenvalue weighted by molar-refractivity contribution is 7.99. The zero-order chi connectivity index (χ0) is 25.8. The van der Waals surface area contributed by atoms with Gasteiger partial charge in [0, 0.05) is 22.7 Å². The Morgan fingerprint density at radius 3 is 2.30 bits per heavy atom. The van der Waals surface area contributed by atoms with E-state index in [-0.39, 0.29) is 5.91 Å². The van der Waals surface area contributed by atoms with E-state index in [1.54, 1.807) is 17.8 Å². The molecule has 0 bridgehead atoms. The number of fused-ring (bicyclic) bond motifs is 1. The van der Waals surface area contributed by atoms with Crippen molar-refractivity contribution in [3.05, 3.63) is 112 Å². The van der Waals surface area contributed by atoms with E-state index in [1.807, 2.05) is 60.7 Å². The largest absolute Gasteiger partial charge is 0.326 e. The van der Waals surface area contributed by atoms with Gasteiger partial charge in [0.15, 0.2) is 0 Å². The second-order valence-corrected chi connectivity index (χ2v) is 10.8. The van der Waals surface area contributed by atoms with Crippen LogP contribution in [-0.4, -0.2) is 21.2 Å². The van der Waals surface area contributed by atoms with Crippen LogP contribution in [0.3, 0.4) is 0 Å². The van der Waals surface area contributed by atoms with Crippen molar-refractivity contribution in [3.63, 3.8) is 0 Å². The molecule has 0 saturated carbocycles. The molecule has 0 aliphatic carbocycles. The lowest BCUT2D eigenvalue weighted by Crippen LogP contribution is -2.14. The monoisotopic (exact) mass is 545 g/mol. The highest BCUT2D eigenvalue weighted by Gasteiger charge is 2.15. The standard InChI is InChI=1S/C30H25Cl2N3OS/c1-2-37-24-14-8-20(9-15-24)16-29(36)33-23-12-10-22(11-13-23)30-34-27-17-25(31)26(32)18-28(27)35(30)19-21-6-4-3-5-7-21/h3-15,17-18H,2,16,19H2,1H3,(H,33,36). The highest BCUT2D eigenvalue weighted by Crippen LogP contribution is 2.32. The molecule has 4 nitrogen and oxygen atoms in total. The molecule has 0 saturated heterocycles. The zero-order valence-electron chi connectivity index (χ0n) is 20.2. The fraction of sp³-hybridized carbons (Fsp3) is 0.133. The van der Waals surface area contributed by atoms with E-state index < -0.39 is 0 Å².